The predicted octanol–water partition coefficient (Wildman–Crippen LogP) is 6.87. The molecule has 0 saturated heterocycles. The van der Waals surface area contributed by atoms with E-state index in [0.717, 1.165) is 22.3 Å². The number of hydrogen-bond acceptors (Lipinski definition) is 6. The van der Waals surface area contributed by atoms with Crippen molar-refractivity contribution in [1.82, 2.24) is 0 Å². The van der Waals surface area contributed by atoms with Crippen LogP contribution in [0.2, 0.25) is 0 Å². The molecule has 0 aliphatic heterocycles. The summed E-state index contributed by atoms with van der Waals surface area (Å²) in [6.45, 7) is 12.5. The van der Waals surface area contributed by atoms with E-state index in [1.807, 2.05) is 82.3 Å². The summed E-state index contributed by atoms with van der Waals surface area (Å²) in [5.41, 5.74) is 0.845. The van der Waals surface area contributed by atoms with Crippen LogP contribution in [0.15, 0.2) is 59.0 Å². The van der Waals surface area contributed by atoms with Crippen molar-refractivity contribution in [2.24, 2.45) is 22.7 Å². The van der Waals surface area contributed by atoms with Crippen molar-refractivity contribution < 1.29 is 28.9 Å². The number of fused-ring (bicyclic) bond motifs is 1. The molecule has 6 nitrogen and oxygen atoms in total. The Morgan fingerprint density at radius 1 is 0.974 bits per heavy atom. The van der Waals surface area contributed by atoms with Crippen molar-refractivity contribution in [3.05, 3.63) is 54.6 Å². The van der Waals surface area contributed by atoms with Crippen LogP contribution in [-0.4, -0.2) is 42.1 Å². The van der Waals surface area contributed by atoms with Crippen LogP contribution in [0.1, 0.15) is 60.8 Å². The predicted molar refractivity (Wildman–Crippen MR) is 151 cm³/mol. The second-order valence-electron chi connectivity index (χ2n) is 12.0. The highest BCUT2D eigenvalue weighted by molar-refractivity contribution is 5.84. The molecular weight excluding hydrogens is 480 g/mol. The van der Waals surface area contributed by atoms with Crippen molar-refractivity contribution >= 4 is 16.9 Å². The first-order chi connectivity index (χ1) is 17.9. The number of carbonyl (C=O) groups excluding carboxylic acids is 1. The molecule has 3 atom stereocenters. The zero-order valence-corrected chi connectivity index (χ0v) is 23.7. The molecule has 3 aromatic rings. The maximum Gasteiger partial charge on any atom is 0.312 e. The van der Waals surface area contributed by atoms with Gasteiger partial charge in [-0.1, -0.05) is 65.0 Å². The van der Waals surface area contributed by atoms with Gasteiger partial charge in [-0.05, 0) is 55.7 Å². The number of carbonyl (C=O) groups is 1. The molecule has 38 heavy (non-hydrogen) atoms. The van der Waals surface area contributed by atoms with Crippen molar-refractivity contribution in [2.45, 2.75) is 66.9 Å². The van der Waals surface area contributed by atoms with Crippen molar-refractivity contribution in [3.8, 4) is 17.1 Å². The first-order valence-electron chi connectivity index (χ1n) is 13.6. The van der Waals surface area contributed by atoms with Gasteiger partial charge in [0.05, 0.1) is 18.1 Å². The van der Waals surface area contributed by atoms with Crippen LogP contribution in [-0.2, 0) is 9.53 Å². The minimum Gasteiger partial charge on any atom is -0.493 e. The fourth-order valence-corrected chi connectivity index (χ4v) is 4.64. The first-order valence-corrected chi connectivity index (χ1v) is 13.6. The SMILES string of the molecule is CC(C)CC(C)(C(=O)OCC(O)CCC(CO)COc1ccc2cc(-c3ccccc3)oc2c1)C(C)(C)C. The lowest BCUT2D eigenvalue weighted by atomic mass is 9.64. The van der Waals surface area contributed by atoms with E-state index in [0.29, 0.717) is 37.5 Å². The molecule has 2 N–H and O–H groups in total. The highest BCUT2D eigenvalue weighted by atomic mass is 16.5. The highest BCUT2D eigenvalue weighted by Gasteiger charge is 2.45. The van der Waals surface area contributed by atoms with Crippen LogP contribution in [0.4, 0.5) is 0 Å². The zero-order chi connectivity index (χ0) is 27.9. The molecule has 3 rings (SSSR count). The normalized spacial score (nSPS) is 15.3. The second kappa shape index (κ2) is 12.8. The average Bonchev–Trinajstić information content (AvgIpc) is 3.30. The lowest BCUT2D eigenvalue weighted by Crippen LogP contribution is -2.43. The van der Waals surface area contributed by atoms with Crippen molar-refractivity contribution in [2.75, 3.05) is 19.8 Å². The third-order valence-electron chi connectivity index (χ3n) is 7.53. The van der Waals surface area contributed by atoms with Gasteiger partial charge in [-0.15, -0.1) is 0 Å². The molecule has 0 radical (unpaired) electrons. The molecule has 3 unspecified atom stereocenters. The lowest BCUT2D eigenvalue weighted by Gasteiger charge is -2.41. The molecule has 0 spiro atoms. The number of rotatable bonds is 13. The Morgan fingerprint density at radius 2 is 1.68 bits per heavy atom. The van der Waals surface area contributed by atoms with Crippen LogP contribution in [0.3, 0.4) is 0 Å². The van der Waals surface area contributed by atoms with E-state index in [1.165, 1.54) is 0 Å². The standard InChI is InChI=1S/C32H44O6/c1-22(2)18-32(6,31(3,4)5)30(35)37-21-26(34)14-12-23(19-33)20-36-27-15-13-25-16-28(38-29(25)17-27)24-10-8-7-9-11-24/h7-11,13,15-17,22-23,26,33-34H,12,14,18-21H2,1-6H3. The Labute approximate surface area is 227 Å². The quantitative estimate of drug-likeness (QED) is 0.237. The average molecular weight is 525 g/mol. The van der Waals surface area contributed by atoms with Gasteiger partial charge in [-0.2, -0.15) is 0 Å². The van der Waals surface area contributed by atoms with Gasteiger partial charge in [-0.25, -0.2) is 0 Å². The Hall–Kier alpha value is -2.83. The number of aliphatic hydroxyl groups excluding tert-OH is 2. The molecule has 0 saturated carbocycles. The second-order valence-corrected chi connectivity index (χ2v) is 12.0. The van der Waals surface area contributed by atoms with E-state index >= 15 is 0 Å². The fourth-order valence-electron chi connectivity index (χ4n) is 4.64. The fraction of sp³-hybridized carbons (Fsp3) is 0.531. The van der Waals surface area contributed by atoms with E-state index in [1.54, 1.807) is 0 Å². The molecular formula is C32H44O6. The largest absolute Gasteiger partial charge is 0.493 e. The number of hydrogen-bond donors (Lipinski definition) is 2. The van der Waals surface area contributed by atoms with E-state index in [-0.39, 0.29) is 30.5 Å². The van der Waals surface area contributed by atoms with Crippen LogP contribution < -0.4 is 4.74 Å². The third-order valence-corrected chi connectivity index (χ3v) is 7.53. The number of furan rings is 1. The van der Waals surface area contributed by atoms with E-state index in [2.05, 4.69) is 13.8 Å². The molecule has 0 aliphatic carbocycles. The minimum absolute atomic E-state index is 0.0550. The summed E-state index contributed by atoms with van der Waals surface area (Å²) >= 11 is 0. The molecule has 6 heteroatoms. The van der Waals surface area contributed by atoms with Crippen molar-refractivity contribution in [1.29, 1.82) is 0 Å². The molecule has 1 heterocycles. The van der Waals surface area contributed by atoms with E-state index < -0.39 is 11.5 Å². The Bertz CT molecular complexity index is 1160. The van der Waals surface area contributed by atoms with Gasteiger partial charge in [0.25, 0.3) is 0 Å². The van der Waals surface area contributed by atoms with Gasteiger partial charge in [-0.3, -0.25) is 4.79 Å². The van der Waals surface area contributed by atoms with Gasteiger partial charge in [0.15, 0.2) is 0 Å². The Morgan fingerprint density at radius 3 is 2.32 bits per heavy atom. The minimum atomic E-state index is -0.799. The molecule has 2 aromatic carbocycles. The molecule has 0 amide bonds. The lowest BCUT2D eigenvalue weighted by molar-refractivity contribution is -0.166. The first kappa shape index (κ1) is 29.7. The summed E-state index contributed by atoms with van der Waals surface area (Å²) in [7, 11) is 0. The summed E-state index contributed by atoms with van der Waals surface area (Å²) in [6.07, 6.45) is 0.855. The maximum atomic E-state index is 13.0. The van der Waals surface area contributed by atoms with Gasteiger partial charge < -0.3 is 24.1 Å². The van der Waals surface area contributed by atoms with Crippen LogP contribution in [0.5, 0.6) is 5.75 Å². The highest BCUT2D eigenvalue weighted by Crippen LogP contribution is 2.44. The number of ether oxygens (including phenoxy) is 2. The van der Waals surface area contributed by atoms with Gasteiger partial charge >= 0.3 is 5.97 Å². The van der Waals surface area contributed by atoms with Crippen LogP contribution >= 0.6 is 0 Å². The van der Waals surface area contributed by atoms with Crippen LogP contribution in [0, 0.1) is 22.7 Å². The van der Waals surface area contributed by atoms with Crippen molar-refractivity contribution in [3.63, 3.8) is 0 Å². The molecule has 0 fully saturated rings. The van der Waals surface area contributed by atoms with Gasteiger partial charge in [0.1, 0.15) is 23.7 Å². The number of aliphatic hydroxyl groups is 2. The van der Waals surface area contributed by atoms with Gasteiger partial charge in [0.2, 0.25) is 0 Å². The molecule has 0 bridgehead atoms. The number of esters is 1. The summed E-state index contributed by atoms with van der Waals surface area (Å²) < 4.78 is 17.5. The maximum absolute atomic E-state index is 13.0. The van der Waals surface area contributed by atoms with E-state index in [4.69, 9.17) is 13.9 Å². The third kappa shape index (κ3) is 7.61. The number of benzene rings is 2. The summed E-state index contributed by atoms with van der Waals surface area (Å²) in [6, 6.07) is 17.6. The van der Waals surface area contributed by atoms with E-state index in [9.17, 15) is 15.0 Å². The monoisotopic (exact) mass is 524 g/mol. The smallest absolute Gasteiger partial charge is 0.312 e. The zero-order valence-electron chi connectivity index (χ0n) is 23.7. The molecule has 208 valence electrons. The topological polar surface area (TPSA) is 89.1 Å². The van der Waals surface area contributed by atoms with Crippen LogP contribution in [0.25, 0.3) is 22.3 Å². The Balaban J connectivity index is 1.49. The Kier molecular flexibility index (Phi) is 10.0. The van der Waals surface area contributed by atoms with Gasteiger partial charge in [0, 0.05) is 29.5 Å². The molecule has 1 aromatic heterocycles. The molecule has 0 aliphatic rings. The summed E-state index contributed by atoms with van der Waals surface area (Å²) in [4.78, 5) is 13.0. The summed E-state index contributed by atoms with van der Waals surface area (Å²) in [5.74, 6) is 1.37. The summed E-state index contributed by atoms with van der Waals surface area (Å²) in [5, 5.41) is 21.3.